The molecule has 0 aliphatic rings. The van der Waals surface area contributed by atoms with Gasteiger partial charge in [0.2, 0.25) is 0 Å². The summed E-state index contributed by atoms with van der Waals surface area (Å²) >= 11 is 1.66. The maximum absolute atomic E-state index is 12.7. The Kier molecular flexibility index (Phi) is 7.57. The lowest BCUT2D eigenvalue weighted by molar-refractivity contribution is 0.220. The summed E-state index contributed by atoms with van der Waals surface area (Å²) in [5, 5.41) is 3.93. The fraction of sp³-hybridized carbons (Fsp3) is 0.217. The fourth-order valence-corrected chi connectivity index (χ4v) is 3.66. The van der Waals surface area contributed by atoms with E-state index in [0.717, 1.165) is 27.6 Å². The van der Waals surface area contributed by atoms with Gasteiger partial charge in [0.15, 0.2) is 0 Å². The number of hydrogen-bond acceptors (Lipinski definition) is 5. The fourth-order valence-electron chi connectivity index (χ4n) is 2.86. The van der Waals surface area contributed by atoms with E-state index in [9.17, 15) is 4.79 Å². The van der Waals surface area contributed by atoms with Gasteiger partial charge in [0, 0.05) is 36.3 Å². The van der Waals surface area contributed by atoms with Crippen LogP contribution < -0.4 is 14.8 Å². The van der Waals surface area contributed by atoms with Gasteiger partial charge in [-0.3, -0.25) is 0 Å². The van der Waals surface area contributed by atoms with Gasteiger partial charge in [0.1, 0.15) is 11.5 Å². The second-order valence-electron chi connectivity index (χ2n) is 6.62. The van der Waals surface area contributed by atoms with Crippen molar-refractivity contribution in [3.63, 3.8) is 0 Å². The van der Waals surface area contributed by atoms with Crippen molar-refractivity contribution >= 4 is 23.5 Å². The van der Waals surface area contributed by atoms with Crippen molar-refractivity contribution in [3.8, 4) is 11.5 Å². The number of anilines is 1. The Morgan fingerprint density at radius 3 is 2.67 bits per heavy atom. The number of ether oxygens (including phenoxy) is 2. The molecule has 0 aliphatic heterocycles. The van der Waals surface area contributed by atoms with Crippen LogP contribution in [0.2, 0.25) is 0 Å². The highest BCUT2D eigenvalue weighted by atomic mass is 32.2. The van der Waals surface area contributed by atoms with Gasteiger partial charge in [-0.15, -0.1) is 11.8 Å². The lowest BCUT2D eigenvalue weighted by Gasteiger charge is -2.20. The average molecular weight is 424 g/mol. The van der Waals surface area contributed by atoms with Crippen LogP contribution in [-0.2, 0) is 12.3 Å². The molecule has 1 N–H and O–H groups in total. The van der Waals surface area contributed by atoms with Crippen LogP contribution >= 0.6 is 11.8 Å². The van der Waals surface area contributed by atoms with E-state index >= 15 is 0 Å². The number of nitrogens with one attached hydrogen (secondary N) is 1. The number of rotatable bonds is 8. The minimum absolute atomic E-state index is 0.192. The first-order chi connectivity index (χ1) is 14.6. The Morgan fingerprint density at radius 2 is 1.93 bits per heavy atom. The van der Waals surface area contributed by atoms with Gasteiger partial charge >= 0.3 is 6.03 Å². The summed E-state index contributed by atoms with van der Waals surface area (Å²) in [6.07, 6.45) is 1.78. The van der Waals surface area contributed by atoms with E-state index < -0.39 is 0 Å². The zero-order valence-corrected chi connectivity index (χ0v) is 18.1. The van der Waals surface area contributed by atoms with Crippen molar-refractivity contribution in [3.05, 3.63) is 78.0 Å². The maximum Gasteiger partial charge on any atom is 0.321 e. The summed E-state index contributed by atoms with van der Waals surface area (Å²) in [5.74, 6) is 2.17. The van der Waals surface area contributed by atoms with Gasteiger partial charge in [-0.2, -0.15) is 0 Å². The average Bonchev–Trinajstić information content (AvgIpc) is 2.78. The topological polar surface area (TPSA) is 63.7 Å². The minimum Gasteiger partial charge on any atom is -0.497 e. The van der Waals surface area contributed by atoms with Crippen LogP contribution in [0.3, 0.4) is 0 Å². The van der Waals surface area contributed by atoms with Crippen molar-refractivity contribution in [1.82, 2.24) is 9.88 Å². The van der Waals surface area contributed by atoms with E-state index in [4.69, 9.17) is 9.47 Å². The monoisotopic (exact) mass is 423 g/mol. The zero-order valence-electron chi connectivity index (χ0n) is 17.3. The Bertz CT molecular complexity index is 982. The van der Waals surface area contributed by atoms with Crippen molar-refractivity contribution in [2.75, 3.05) is 26.6 Å². The number of aromatic nitrogens is 1. The van der Waals surface area contributed by atoms with Crippen LogP contribution in [0.1, 0.15) is 11.1 Å². The molecular weight excluding hydrogens is 398 g/mol. The highest BCUT2D eigenvalue weighted by Gasteiger charge is 2.13. The Labute approximate surface area is 181 Å². The Hall–Kier alpha value is -3.19. The number of methoxy groups -OCH3 is 2. The highest BCUT2D eigenvalue weighted by Crippen LogP contribution is 2.26. The van der Waals surface area contributed by atoms with E-state index in [0.29, 0.717) is 18.0 Å². The number of thioether (sulfide) groups is 1. The predicted molar refractivity (Wildman–Crippen MR) is 120 cm³/mol. The number of nitrogens with zero attached hydrogens (tertiary/aromatic N) is 2. The summed E-state index contributed by atoms with van der Waals surface area (Å²) in [7, 11) is 4.96. The Morgan fingerprint density at radius 1 is 1.07 bits per heavy atom. The molecule has 156 valence electrons. The highest BCUT2D eigenvalue weighted by molar-refractivity contribution is 7.98. The van der Waals surface area contributed by atoms with E-state index in [1.165, 1.54) is 0 Å². The quantitative estimate of drug-likeness (QED) is 0.514. The first kappa shape index (κ1) is 21.5. The molecule has 2 aromatic carbocycles. The van der Waals surface area contributed by atoms with Crippen LogP contribution in [0.25, 0.3) is 0 Å². The molecule has 0 aliphatic carbocycles. The molecule has 0 atom stereocenters. The number of carbonyl (C=O) groups excluding carboxylic acids is 1. The van der Waals surface area contributed by atoms with Crippen LogP contribution in [0.15, 0.2) is 71.9 Å². The van der Waals surface area contributed by atoms with Gasteiger partial charge in [0.05, 0.1) is 25.8 Å². The molecule has 0 radical (unpaired) electrons. The number of amides is 2. The molecule has 0 fully saturated rings. The molecule has 0 bridgehead atoms. The van der Waals surface area contributed by atoms with E-state index in [2.05, 4.69) is 10.3 Å². The lowest BCUT2D eigenvalue weighted by atomic mass is 10.2. The summed E-state index contributed by atoms with van der Waals surface area (Å²) in [6, 6.07) is 19.1. The second kappa shape index (κ2) is 10.5. The predicted octanol–water partition coefficient (Wildman–Crippen LogP) is 5.06. The number of urea groups is 1. The molecule has 3 rings (SSSR count). The molecule has 6 nitrogen and oxygen atoms in total. The van der Waals surface area contributed by atoms with Crippen LogP contribution in [-0.4, -0.2) is 37.2 Å². The van der Waals surface area contributed by atoms with E-state index in [1.54, 1.807) is 44.1 Å². The molecule has 0 spiro atoms. The zero-order chi connectivity index (χ0) is 21.3. The van der Waals surface area contributed by atoms with Gasteiger partial charge in [-0.05, 0) is 42.0 Å². The Balaban J connectivity index is 1.60. The van der Waals surface area contributed by atoms with Gasteiger partial charge in [-0.25, -0.2) is 9.78 Å². The van der Waals surface area contributed by atoms with Crippen LogP contribution in [0.5, 0.6) is 11.5 Å². The first-order valence-electron chi connectivity index (χ1n) is 9.45. The molecule has 7 heteroatoms. The van der Waals surface area contributed by atoms with Crippen molar-refractivity contribution in [2.45, 2.75) is 17.3 Å². The second-order valence-corrected chi connectivity index (χ2v) is 7.62. The number of pyridine rings is 1. The van der Waals surface area contributed by atoms with E-state index in [1.807, 2.05) is 60.7 Å². The van der Waals surface area contributed by atoms with Gasteiger partial charge < -0.3 is 19.7 Å². The number of carbonyl (C=O) groups is 1. The third kappa shape index (κ3) is 5.90. The first-order valence-corrected chi connectivity index (χ1v) is 10.4. The molecule has 1 heterocycles. The molecule has 1 aromatic heterocycles. The lowest BCUT2D eigenvalue weighted by Crippen LogP contribution is -2.31. The molecule has 3 aromatic rings. The molecule has 2 amide bonds. The number of benzene rings is 2. The summed E-state index contributed by atoms with van der Waals surface area (Å²) in [5.41, 5.74) is 2.77. The third-order valence-electron chi connectivity index (χ3n) is 4.45. The maximum atomic E-state index is 12.7. The standard InChI is InChI=1S/C23H25N3O3S/c1-26(15-18-10-11-20(28-2)14-21(18)29-3)23(27)25-19-8-6-7-17(13-19)16-30-22-9-4-5-12-24-22/h4-14H,15-16H2,1-3H3,(H,25,27). The normalized spacial score (nSPS) is 10.4. The van der Waals surface area contributed by atoms with Crippen molar-refractivity contribution in [2.24, 2.45) is 0 Å². The van der Waals surface area contributed by atoms with Crippen molar-refractivity contribution < 1.29 is 14.3 Å². The number of hydrogen-bond donors (Lipinski definition) is 1. The minimum atomic E-state index is -0.192. The third-order valence-corrected chi connectivity index (χ3v) is 5.47. The largest absolute Gasteiger partial charge is 0.497 e. The van der Waals surface area contributed by atoms with E-state index in [-0.39, 0.29) is 6.03 Å². The van der Waals surface area contributed by atoms with Gasteiger partial charge in [0.25, 0.3) is 0 Å². The summed E-state index contributed by atoms with van der Waals surface area (Å²) in [4.78, 5) is 18.6. The summed E-state index contributed by atoms with van der Waals surface area (Å²) < 4.78 is 10.6. The summed E-state index contributed by atoms with van der Waals surface area (Å²) in [6.45, 7) is 0.411. The van der Waals surface area contributed by atoms with Crippen molar-refractivity contribution in [1.29, 1.82) is 0 Å². The van der Waals surface area contributed by atoms with Crippen LogP contribution in [0.4, 0.5) is 10.5 Å². The molecule has 30 heavy (non-hydrogen) atoms. The SMILES string of the molecule is COc1ccc(CN(C)C(=O)Nc2cccc(CSc3ccccn3)c2)c(OC)c1. The van der Waals surface area contributed by atoms with Gasteiger partial charge in [-0.1, -0.05) is 18.2 Å². The molecule has 0 saturated carbocycles. The molecule has 0 unspecified atom stereocenters. The van der Waals surface area contributed by atoms with Crippen LogP contribution in [0, 0.1) is 0 Å². The smallest absolute Gasteiger partial charge is 0.321 e. The molecular formula is C23H25N3O3S. The molecule has 0 saturated heterocycles.